The van der Waals surface area contributed by atoms with Gasteiger partial charge < -0.3 is 21.7 Å². The third-order valence-electron chi connectivity index (χ3n) is 0.719. The third-order valence-corrected chi connectivity index (χ3v) is 0.719. The Labute approximate surface area is 155 Å². The summed E-state index contributed by atoms with van der Waals surface area (Å²) < 4.78 is 0. The van der Waals surface area contributed by atoms with Crippen molar-refractivity contribution in [3.8, 4) is 0 Å². The van der Waals surface area contributed by atoms with Crippen LogP contribution in [0.2, 0.25) is 0 Å². The number of rotatable bonds is 4. The molecule has 6 nitrogen and oxygen atoms in total. The molecule has 0 spiro atoms. The normalized spacial score (nSPS) is 6.53. The van der Waals surface area contributed by atoms with Crippen LogP contribution in [0.5, 0.6) is 0 Å². The molecule has 0 aliphatic heterocycles. The number of carboxylic acids is 2. The first-order valence-electron chi connectivity index (χ1n) is 3.38. The van der Waals surface area contributed by atoms with Crippen LogP contribution in [-0.2, 0) is 9.59 Å². The Morgan fingerprint density at radius 1 is 0.800 bits per heavy atom. The average molecular weight is 247 g/mol. The molecule has 0 aromatic heterocycles. The maximum Gasteiger partial charge on any atom is 0.303 e. The second kappa shape index (κ2) is 24.9. The van der Waals surface area contributed by atoms with Gasteiger partial charge in [0, 0.05) is 102 Å². The predicted octanol–water partition coefficient (Wildman–Crippen LogP) is -2.30. The Bertz CT molecular complexity index is 132. The largest absolute Gasteiger partial charge is 0.481 e. The van der Waals surface area contributed by atoms with Crippen molar-refractivity contribution in [3.63, 3.8) is 0 Å². The molecular formula is C6H14N2Na3O4. The zero-order chi connectivity index (χ0) is 9.98. The summed E-state index contributed by atoms with van der Waals surface area (Å²) in [6.07, 6.45) is -0.593. The second-order valence-electron chi connectivity index (χ2n) is 1.86. The number of hydrogen-bond donors (Lipinski definition) is 4. The zero-order valence-corrected chi connectivity index (χ0v) is 15.7. The predicted molar refractivity (Wildman–Crippen MR) is 59.9 cm³/mol. The summed E-state index contributed by atoms with van der Waals surface area (Å²) in [7, 11) is 0. The van der Waals surface area contributed by atoms with Gasteiger partial charge in [-0.2, -0.15) is 0 Å². The fourth-order valence-corrected chi connectivity index (χ4v) is 0.214. The van der Waals surface area contributed by atoms with Crippen molar-refractivity contribution in [2.24, 2.45) is 11.5 Å². The van der Waals surface area contributed by atoms with Crippen molar-refractivity contribution in [1.82, 2.24) is 0 Å². The van der Waals surface area contributed by atoms with Crippen LogP contribution in [0.25, 0.3) is 0 Å². The van der Waals surface area contributed by atoms with Crippen molar-refractivity contribution >= 4 is 101 Å². The summed E-state index contributed by atoms with van der Waals surface area (Å²) in [6.45, 7) is 1.19. The Hall–Kier alpha value is 1.86. The van der Waals surface area contributed by atoms with E-state index in [1.807, 2.05) is 0 Å². The fourth-order valence-electron chi connectivity index (χ4n) is 0.214. The van der Waals surface area contributed by atoms with E-state index in [0.29, 0.717) is 13.1 Å². The van der Waals surface area contributed by atoms with Gasteiger partial charge >= 0.3 is 11.9 Å². The minimum atomic E-state index is -1.08. The van der Waals surface area contributed by atoms with Gasteiger partial charge in [-0.15, -0.1) is 0 Å². The Balaban J connectivity index is -0.0000000424. The molecule has 0 amide bonds. The van der Waals surface area contributed by atoms with E-state index in [1.54, 1.807) is 0 Å². The summed E-state index contributed by atoms with van der Waals surface area (Å²) in [5, 5.41) is 15.8. The van der Waals surface area contributed by atoms with E-state index in [-0.39, 0.29) is 102 Å². The monoisotopic (exact) mass is 247 g/mol. The molecule has 0 aliphatic rings. The second-order valence-corrected chi connectivity index (χ2v) is 1.86. The molecule has 0 heterocycles. The van der Waals surface area contributed by atoms with Crippen LogP contribution in [-0.4, -0.2) is 124 Å². The van der Waals surface area contributed by atoms with Gasteiger partial charge in [0.2, 0.25) is 0 Å². The van der Waals surface area contributed by atoms with Crippen molar-refractivity contribution < 1.29 is 19.8 Å². The molecule has 0 aliphatic carbocycles. The van der Waals surface area contributed by atoms with E-state index >= 15 is 0 Å². The summed E-state index contributed by atoms with van der Waals surface area (Å²) in [4.78, 5) is 19.3. The van der Waals surface area contributed by atoms with Crippen molar-refractivity contribution in [1.29, 1.82) is 0 Å². The maximum atomic E-state index is 9.64. The molecule has 0 fully saturated rings. The van der Waals surface area contributed by atoms with Crippen molar-refractivity contribution in [2.45, 2.75) is 12.8 Å². The molecule has 6 N–H and O–H groups in total. The minimum absolute atomic E-state index is 0. The molecule has 0 atom stereocenters. The van der Waals surface area contributed by atoms with Gasteiger partial charge in [0.1, 0.15) is 0 Å². The Morgan fingerprint density at radius 2 is 1.00 bits per heavy atom. The SMILES string of the molecule is NCCN.O=C(O)CCC(=O)O.[Na].[Na].[Na]. The van der Waals surface area contributed by atoms with Crippen LogP contribution in [0.3, 0.4) is 0 Å². The first-order chi connectivity index (χ1) is 5.54. The summed E-state index contributed by atoms with van der Waals surface area (Å²) >= 11 is 0. The van der Waals surface area contributed by atoms with Crippen molar-refractivity contribution in [3.05, 3.63) is 0 Å². The number of carbonyl (C=O) groups is 2. The average Bonchev–Trinajstić information content (AvgIpc) is 2.01. The molecule has 0 aromatic carbocycles. The molecule has 0 saturated carbocycles. The van der Waals surface area contributed by atoms with E-state index in [1.165, 1.54) is 0 Å². The molecule has 0 rings (SSSR count). The molecule has 0 unspecified atom stereocenters. The van der Waals surface area contributed by atoms with Gasteiger partial charge in [0.15, 0.2) is 0 Å². The summed E-state index contributed by atoms with van der Waals surface area (Å²) in [5.41, 5.74) is 9.81. The van der Waals surface area contributed by atoms with Gasteiger partial charge in [-0.3, -0.25) is 9.59 Å². The molecule has 75 valence electrons. The number of nitrogens with two attached hydrogens (primary N) is 2. The van der Waals surface area contributed by atoms with Gasteiger partial charge in [-0.25, -0.2) is 0 Å². The topological polar surface area (TPSA) is 127 Å². The van der Waals surface area contributed by atoms with Crippen LogP contribution in [0, 0.1) is 0 Å². The van der Waals surface area contributed by atoms with E-state index in [0.717, 1.165) is 0 Å². The standard InChI is InChI=1S/C4H6O4.C2H8N2.3Na/c5-3(6)1-2-4(7)8;3-1-2-4;;;/h1-2H2,(H,5,6)(H,7,8);1-4H2;;;. The first kappa shape index (κ1) is 30.2. The van der Waals surface area contributed by atoms with Gasteiger partial charge in [-0.05, 0) is 0 Å². The molecular weight excluding hydrogens is 233 g/mol. The van der Waals surface area contributed by atoms with Crippen LogP contribution in [0.4, 0.5) is 0 Å². The van der Waals surface area contributed by atoms with Gasteiger partial charge in [0.25, 0.3) is 0 Å². The summed E-state index contributed by atoms with van der Waals surface area (Å²) in [5.74, 6) is -2.15. The van der Waals surface area contributed by atoms with Gasteiger partial charge in [0.05, 0.1) is 12.8 Å². The van der Waals surface area contributed by atoms with Crippen LogP contribution in [0.1, 0.15) is 12.8 Å². The van der Waals surface area contributed by atoms with Crippen LogP contribution >= 0.6 is 0 Å². The van der Waals surface area contributed by atoms with Crippen molar-refractivity contribution in [2.75, 3.05) is 13.1 Å². The molecule has 0 aromatic rings. The third kappa shape index (κ3) is 49.3. The zero-order valence-electron chi connectivity index (χ0n) is 9.69. The first-order valence-corrected chi connectivity index (χ1v) is 3.38. The molecule has 0 saturated heterocycles. The molecule has 3 radical (unpaired) electrons. The van der Waals surface area contributed by atoms with Crippen LogP contribution < -0.4 is 11.5 Å². The quantitative estimate of drug-likeness (QED) is 0.414. The molecule has 15 heavy (non-hydrogen) atoms. The number of hydrogen-bond acceptors (Lipinski definition) is 4. The fraction of sp³-hybridized carbons (Fsp3) is 0.667. The number of aliphatic carboxylic acids is 2. The Morgan fingerprint density at radius 3 is 1.07 bits per heavy atom. The van der Waals surface area contributed by atoms with Gasteiger partial charge in [-0.1, -0.05) is 0 Å². The van der Waals surface area contributed by atoms with E-state index in [2.05, 4.69) is 0 Å². The smallest absolute Gasteiger partial charge is 0.303 e. The Kier molecular flexibility index (Phi) is 50.0. The molecule has 9 heteroatoms. The minimum Gasteiger partial charge on any atom is -0.481 e. The number of carboxylic acid groups (broad SMARTS) is 2. The van der Waals surface area contributed by atoms with E-state index in [4.69, 9.17) is 21.7 Å². The van der Waals surface area contributed by atoms with E-state index in [9.17, 15) is 9.59 Å². The summed E-state index contributed by atoms with van der Waals surface area (Å²) in [6, 6.07) is 0. The molecule has 0 bridgehead atoms. The van der Waals surface area contributed by atoms with Crippen LogP contribution in [0.15, 0.2) is 0 Å². The maximum absolute atomic E-state index is 9.64. The van der Waals surface area contributed by atoms with E-state index < -0.39 is 11.9 Å².